The molecule has 0 saturated carbocycles. The molecular formula is Cl4Mg. The van der Waals surface area contributed by atoms with Crippen LogP contribution in [0.5, 0.6) is 0 Å². The molecule has 30 valence electrons. The first-order valence-corrected chi connectivity index (χ1v) is 9.62. The molecule has 0 spiro atoms. The minimum absolute atomic E-state index is 3.17. The quantitative estimate of drug-likeness (QED) is 0.484. The van der Waals surface area contributed by atoms with Crippen molar-refractivity contribution in [1.29, 1.82) is 0 Å². The molecule has 0 N–H and O–H groups in total. The normalized spacial score (nSPS) is 12.0. The fraction of sp³-hybridized carbons (Fsp3) is 0. The van der Waals surface area contributed by atoms with E-state index in [0.717, 1.165) is 0 Å². The fourth-order valence-corrected chi connectivity index (χ4v) is 0. The van der Waals surface area contributed by atoms with Crippen molar-refractivity contribution < 1.29 is 0 Å². The van der Waals surface area contributed by atoms with E-state index in [0.29, 0.717) is 0 Å². The second-order valence-corrected chi connectivity index (χ2v) is 16.4. The summed E-state index contributed by atoms with van der Waals surface area (Å²) in [6.45, 7) is 0. The summed E-state index contributed by atoms with van der Waals surface area (Å²) in [7, 11) is 20.1. The summed E-state index contributed by atoms with van der Waals surface area (Å²) in [5, 5.41) is 0. The minimum atomic E-state index is -3.17. The highest BCUT2D eigenvalue weighted by molar-refractivity contribution is 7.81. The fourth-order valence-electron chi connectivity index (χ4n) is 0. The monoisotopic (exact) mass is 164 g/mol. The van der Waals surface area contributed by atoms with Gasteiger partial charge in [-0.1, -0.05) is 0 Å². The van der Waals surface area contributed by atoms with Crippen LogP contribution >= 0.6 is 36.3 Å². The van der Waals surface area contributed by atoms with Gasteiger partial charge in [0.1, 0.15) is 0 Å². The van der Waals surface area contributed by atoms with Crippen LogP contribution in [0.25, 0.3) is 0 Å². The number of rotatable bonds is 0. The summed E-state index contributed by atoms with van der Waals surface area (Å²) in [5.41, 5.74) is 0. The zero-order valence-electron chi connectivity index (χ0n) is 2.22. The molecule has 5 heavy (non-hydrogen) atoms. The highest BCUT2D eigenvalue weighted by Gasteiger charge is 2.42. The minimum Gasteiger partial charge on any atom is -0.227 e. The Balaban J connectivity index is 3.02. The number of halogens is 4. The molecule has 0 bridgehead atoms. The predicted molar refractivity (Wildman–Crippen MR) is 29.2 cm³/mol. The van der Waals surface area contributed by atoms with E-state index in [-0.39, 0.29) is 0 Å². The van der Waals surface area contributed by atoms with Gasteiger partial charge in [-0.2, -0.15) is 0 Å². The van der Waals surface area contributed by atoms with Crippen molar-refractivity contribution in [3.05, 3.63) is 0 Å². The van der Waals surface area contributed by atoms with Gasteiger partial charge in [-0.15, -0.1) is 0 Å². The first-order valence-electron chi connectivity index (χ1n) is 1.07. The third-order valence-corrected chi connectivity index (χ3v) is 0. The average Bonchev–Trinajstić information content (AvgIpc) is 0.722. The maximum Gasteiger partial charge on any atom is 0.909 e. The van der Waals surface area contributed by atoms with Gasteiger partial charge in [0.2, 0.25) is 0 Å². The van der Waals surface area contributed by atoms with Gasteiger partial charge in [-0.3, -0.25) is 0 Å². The van der Waals surface area contributed by atoms with Crippen LogP contribution in [0.15, 0.2) is 0 Å². The van der Waals surface area contributed by atoms with Gasteiger partial charge in [0.15, 0.2) is 0 Å². The van der Waals surface area contributed by atoms with Crippen LogP contribution < -0.4 is 0 Å². The van der Waals surface area contributed by atoms with E-state index >= 15 is 0 Å². The lowest BCUT2D eigenvalue weighted by atomic mass is 24.0. The van der Waals surface area contributed by atoms with Gasteiger partial charge in [-0.25, -0.2) is 36.3 Å². The van der Waals surface area contributed by atoms with Gasteiger partial charge in [0.05, 0.1) is 0 Å². The maximum absolute atomic E-state index is 5.02. The van der Waals surface area contributed by atoms with E-state index in [2.05, 4.69) is 0 Å². The molecule has 0 aromatic carbocycles. The van der Waals surface area contributed by atoms with E-state index < -0.39 is 13.3 Å². The van der Waals surface area contributed by atoms with Gasteiger partial charge >= 0.3 is 13.3 Å². The van der Waals surface area contributed by atoms with E-state index in [1.165, 1.54) is 0 Å². The highest BCUT2D eigenvalue weighted by Crippen LogP contribution is 2.23. The molecule has 0 saturated heterocycles. The summed E-state index contributed by atoms with van der Waals surface area (Å²) in [5.74, 6) is 0. The third kappa shape index (κ3) is 24.6. The molecule has 0 atom stereocenters. The van der Waals surface area contributed by atoms with E-state index in [1.54, 1.807) is 0 Å². The van der Waals surface area contributed by atoms with Crippen molar-refractivity contribution in [3.63, 3.8) is 0 Å². The molecule has 0 amide bonds. The molecule has 0 aromatic rings. The van der Waals surface area contributed by atoms with Crippen molar-refractivity contribution in [1.82, 2.24) is 0 Å². The Morgan fingerprint density at radius 1 is 0.800 bits per heavy atom. The van der Waals surface area contributed by atoms with Crippen molar-refractivity contribution in [2.24, 2.45) is 0 Å². The Kier molecular flexibility index (Phi) is 3.17. The Labute approximate surface area is 49.1 Å². The zero-order valence-corrected chi connectivity index (χ0v) is 6.66. The molecule has 0 aliphatic carbocycles. The van der Waals surface area contributed by atoms with Crippen molar-refractivity contribution in [2.45, 2.75) is 0 Å². The maximum atomic E-state index is 5.02. The summed E-state index contributed by atoms with van der Waals surface area (Å²) in [4.78, 5) is 0. The smallest absolute Gasteiger partial charge is 0.227 e. The van der Waals surface area contributed by atoms with Gasteiger partial charge < -0.3 is 0 Å². The first kappa shape index (κ1) is 6.93. The molecule has 0 rings (SSSR count). The van der Waals surface area contributed by atoms with Crippen LogP contribution in [0.4, 0.5) is 0 Å². The SMILES string of the molecule is [Cl][Mg]([Cl])([Cl])[Cl]. The Hall–Kier alpha value is 1.93. The Morgan fingerprint density at radius 3 is 0.800 bits per heavy atom. The second kappa shape index (κ2) is 2.29. The summed E-state index contributed by atoms with van der Waals surface area (Å²) in [6, 6.07) is 0. The van der Waals surface area contributed by atoms with Crippen LogP contribution in [0.2, 0.25) is 0 Å². The second-order valence-electron chi connectivity index (χ2n) is 0.606. The summed E-state index contributed by atoms with van der Waals surface area (Å²) >= 11 is -3.17. The lowest BCUT2D eigenvalue weighted by Gasteiger charge is -1.74. The van der Waals surface area contributed by atoms with Crippen LogP contribution in [-0.2, 0) is 0 Å². The molecule has 0 heterocycles. The third-order valence-electron chi connectivity index (χ3n) is 0. The van der Waals surface area contributed by atoms with Gasteiger partial charge in [0, 0.05) is 0 Å². The van der Waals surface area contributed by atoms with Crippen LogP contribution in [-0.4, -0.2) is 13.3 Å². The van der Waals surface area contributed by atoms with E-state index in [1.807, 2.05) is 0 Å². The van der Waals surface area contributed by atoms with Crippen LogP contribution in [0.1, 0.15) is 0 Å². The zero-order chi connectivity index (χ0) is 4.50. The van der Waals surface area contributed by atoms with E-state index in [4.69, 9.17) is 36.3 Å². The summed E-state index contributed by atoms with van der Waals surface area (Å²) in [6.07, 6.45) is 0. The molecule has 0 aliphatic heterocycles. The van der Waals surface area contributed by atoms with Crippen LogP contribution in [0.3, 0.4) is 0 Å². The Bertz CT molecular complexity index is 19.1. The molecule has 0 fully saturated rings. The molecule has 5 heteroatoms. The highest BCUT2D eigenvalue weighted by atomic mass is 35.8. The van der Waals surface area contributed by atoms with Crippen molar-refractivity contribution >= 4 is 49.6 Å². The van der Waals surface area contributed by atoms with E-state index in [9.17, 15) is 0 Å². The average molecular weight is 166 g/mol. The Morgan fingerprint density at radius 2 is 0.800 bits per heavy atom. The van der Waals surface area contributed by atoms with Crippen molar-refractivity contribution in [2.75, 3.05) is 0 Å². The van der Waals surface area contributed by atoms with Crippen molar-refractivity contribution in [3.8, 4) is 0 Å². The number of hydrogen-bond acceptors (Lipinski definition) is 0. The van der Waals surface area contributed by atoms with Gasteiger partial charge in [0.25, 0.3) is 0 Å². The topological polar surface area (TPSA) is 0 Å². The lowest BCUT2D eigenvalue weighted by Crippen LogP contribution is -1.91. The molecule has 0 unspecified atom stereocenters. The standard InChI is InChI=1S/4ClH.Mg/h4*1H;/q;;;;+4/p-4. The molecule has 2 radical (unpaired) electrons. The molecule has 0 aliphatic rings. The largest absolute Gasteiger partial charge is 0.909 e. The predicted octanol–water partition coefficient (Wildman–Crippen LogP) is 2.38. The lowest BCUT2D eigenvalue weighted by molar-refractivity contribution is 3.80. The first-order chi connectivity index (χ1) is 2.00. The van der Waals surface area contributed by atoms with Gasteiger partial charge in [-0.05, 0) is 0 Å². The number of hydrogen-bond donors (Lipinski definition) is 0. The molecule has 0 nitrogen and oxygen atoms in total. The van der Waals surface area contributed by atoms with Crippen LogP contribution in [0, 0.1) is 0 Å². The molecular weight excluding hydrogens is 166 g/mol. The molecule has 0 aromatic heterocycles. The summed E-state index contributed by atoms with van der Waals surface area (Å²) < 4.78 is 0.